The Labute approximate surface area is 83.3 Å². The van der Waals surface area contributed by atoms with Gasteiger partial charge >= 0.3 is 0 Å². The van der Waals surface area contributed by atoms with E-state index in [-0.39, 0.29) is 0 Å². The Kier molecular flexibility index (Phi) is 4.24. The summed E-state index contributed by atoms with van der Waals surface area (Å²) < 4.78 is 0. The summed E-state index contributed by atoms with van der Waals surface area (Å²) in [5, 5.41) is 3.72. The fourth-order valence-corrected chi connectivity index (χ4v) is 2.46. The van der Waals surface area contributed by atoms with Crippen LogP contribution in [-0.4, -0.2) is 12.6 Å². The van der Waals surface area contributed by atoms with E-state index in [0.29, 0.717) is 0 Å². The normalized spacial score (nSPS) is 35.3. The fourth-order valence-electron chi connectivity index (χ4n) is 2.46. The first-order valence-corrected chi connectivity index (χ1v) is 5.84. The van der Waals surface area contributed by atoms with Crippen molar-refractivity contribution in [1.82, 2.24) is 5.32 Å². The van der Waals surface area contributed by atoms with Crippen molar-refractivity contribution in [2.75, 3.05) is 6.54 Å². The summed E-state index contributed by atoms with van der Waals surface area (Å²) in [4.78, 5) is 0. The summed E-state index contributed by atoms with van der Waals surface area (Å²) in [5.41, 5.74) is 0. The third-order valence-corrected chi connectivity index (χ3v) is 3.31. The molecule has 0 spiro atoms. The molecule has 1 rings (SSSR count). The van der Waals surface area contributed by atoms with Gasteiger partial charge in [-0.05, 0) is 37.1 Å². The van der Waals surface area contributed by atoms with Gasteiger partial charge in [0.05, 0.1) is 0 Å². The fraction of sp³-hybridized carbons (Fsp3) is 1.00. The summed E-state index contributed by atoms with van der Waals surface area (Å²) in [6.45, 7) is 10.5. The van der Waals surface area contributed by atoms with Gasteiger partial charge in [-0.25, -0.2) is 0 Å². The molecule has 0 saturated heterocycles. The highest BCUT2D eigenvalue weighted by Crippen LogP contribution is 2.28. The molecular weight excluding hydrogens is 158 g/mol. The summed E-state index contributed by atoms with van der Waals surface area (Å²) in [7, 11) is 0. The van der Waals surface area contributed by atoms with Crippen LogP contribution in [0.2, 0.25) is 0 Å². The zero-order chi connectivity index (χ0) is 9.84. The van der Waals surface area contributed by atoms with Gasteiger partial charge in [-0.3, -0.25) is 0 Å². The highest BCUT2D eigenvalue weighted by atomic mass is 14.9. The molecule has 1 fully saturated rings. The molecule has 2 unspecified atom stereocenters. The van der Waals surface area contributed by atoms with Crippen LogP contribution in [0.15, 0.2) is 0 Å². The maximum atomic E-state index is 3.72. The predicted octanol–water partition coefficient (Wildman–Crippen LogP) is 3.06. The number of hydrogen-bond donors (Lipinski definition) is 1. The van der Waals surface area contributed by atoms with Crippen molar-refractivity contribution in [2.45, 2.75) is 53.0 Å². The first-order chi connectivity index (χ1) is 6.11. The van der Waals surface area contributed by atoms with E-state index in [1.54, 1.807) is 0 Å². The van der Waals surface area contributed by atoms with Crippen LogP contribution in [0.4, 0.5) is 0 Å². The Balaban J connectivity index is 2.35. The molecule has 0 aromatic rings. The van der Waals surface area contributed by atoms with Crippen molar-refractivity contribution >= 4 is 0 Å². The number of nitrogens with one attached hydrogen (secondary N) is 1. The highest BCUT2D eigenvalue weighted by molar-refractivity contribution is 4.83. The molecule has 0 aliphatic heterocycles. The molecule has 0 amide bonds. The smallest absolute Gasteiger partial charge is 0.0118 e. The van der Waals surface area contributed by atoms with E-state index in [9.17, 15) is 0 Å². The molecule has 0 radical (unpaired) electrons. The maximum Gasteiger partial charge on any atom is 0.0118 e. The second kappa shape index (κ2) is 4.99. The number of rotatable bonds is 3. The minimum atomic E-state index is 0.774. The average Bonchev–Trinajstić information content (AvgIpc) is 2.03. The Morgan fingerprint density at radius 3 is 2.15 bits per heavy atom. The molecule has 0 aromatic heterocycles. The molecule has 1 nitrogen and oxygen atoms in total. The minimum absolute atomic E-state index is 0.774. The molecular formula is C12H25N. The third-order valence-electron chi connectivity index (χ3n) is 3.31. The maximum absolute atomic E-state index is 3.72. The average molecular weight is 183 g/mol. The molecule has 1 saturated carbocycles. The van der Waals surface area contributed by atoms with Crippen molar-refractivity contribution in [3.63, 3.8) is 0 Å². The van der Waals surface area contributed by atoms with Gasteiger partial charge in [0, 0.05) is 6.04 Å². The predicted molar refractivity (Wildman–Crippen MR) is 58.8 cm³/mol. The van der Waals surface area contributed by atoms with Crippen LogP contribution in [0.1, 0.15) is 47.0 Å². The van der Waals surface area contributed by atoms with Gasteiger partial charge in [0.2, 0.25) is 0 Å². The van der Waals surface area contributed by atoms with Crippen LogP contribution in [0.3, 0.4) is 0 Å². The van der Waals surface area contributed by atoms with Crippen molar-refractivity contribution in [2.24, 2.45) is 17.8 Å². The van der Waals surface area contributed by atoms with E-state index in [0.717, 1.165) is 23.8 Å². The summed E-state index contributed by atoms with van der Waals surface area (Å²) in [6.07, 6.45) is 4.27. The molecule has 13 heavy (non-hydrogen) atoms. The lowest BCUT2D eigenvalue weighted by Crippen LogP contribution is -2.44. The quantitative estimate of drug-likeness (QED) is 0.709. The Morgan fingerprint density at radius 1 is 1.15 bits per heavy atom. The molecule has 2 atom stereocenters. The lowest BCUT2D eigenvalue weighted by atomic mass is 9.78. The Bertz CT molecular complexity index is 132. The van der Waals surface area contributed by atoms with Crippen molar-refractivity contribution in [3.05, 3.63) is 0 Å². The Hall–Kier alpha value is -0.0400. The van der Waals surface area contributed by atoms with Crippen molar-refractivity contribution in [1.29, 1.82) is 0 Å². The second-order valence-corrected chi connectivity index (χ2v) is 5.21. The van der Waals surface area contributed by atoms with E-state index >= 15 is 0 Å². The first-order valence-electron chi connectivity index (χ1n) is 5.84. The monoisotopic (exact) mass is 183 g/mol. The van der Waals surface area contributed by atoms with Crippen LogP contribution in [-0.2, 0) is 0 Å². The van der Waals surface area contributed by atoms with Gasteiger partial charge in [0.25, 0.3) is 0 Å². The van der Waals surface area contributed by atoms with Crippen LogP contribution in [0.25, 0.3) is 0 Å². The van der Waals surface area contributed by atoms with Crippen molar-refractivity contribution in [3.8, 4) is 0 Å². The van der Waals surface area contributed by atoms with Crippen molar-refractivity contribution < 1.29 is 0 Å². The Morgan fingerprint density at radius 2 is 1.69 bits per heavy atom. The van der Waals surface area contributed by atoms with E-state index in [1.165, 1.54) is 25.8 Å². The standard InChI is InChI=1S/C12H25N/c1-9(2)8-13-12-10(3)6-5-7-11(12)4/h9-13H,5-8H2,1-4H3. The molecule has 0 bridgehead atoms. The molecule has 0 heterocycles. The molecule has 78 valence electrons. The minimum Gasteiger partial charge on any atom is -0.313 e. The van der Waals surface area contributed by atoms with E-state index in [2.05, 4.69) is 33.0 Å². The first kappa shape index (κ1) is 11.0. The van der Waals surface area contributed by atoms with Gasteiger partial charge in [-0.15, -0.1) is 0 Å². The highest BCUT2D eigenvalue weighted by Gasteiger charge is 2.26. The van der Waals surface area contributed by atoms with Crippen LogP contribution < -0.4 is 5.32 Å². The van der Waals surface area contributed by atoms with Gasteiger partial charge in [-0.1, -0.05) is 34.1 Å². The largest absolute Gasteiger partial charge is 0.313 e. The summed E-state index contributed by atoms with van der Waals surface area (Å²) >= 11 is 0. The summed E-state index contributed by atoms with van der Waals surface area (Å²) in [5.74, 6) is 2.53. The molecule has 1 heteroatoms. The molecule has 1 N–H and O–H groups in total. The molecule has 0 aromatic carbocycles. The van der Waals surface area contributed by atoms with Gasteiger partial charge < -0.3 is 5.32 Å². The molecule has 1 aliphatic rings. The molecule has 1 aliphatic carbocycles. The van der Waals surface area contributed by atoms with Crippen LogP contribution in [0.5, 0.6) is 0 Å². The lowest BCUT2D eigenvalue weighted by molar-refractivity contribution is 0.204. The number of hydrogen-bond acceptors (Lipinski definition) is 1. The van der Waals surface area contributed by atoms with Crippen LogP contribution in [0, 0.1) is 17.8 Å². The SMILES string of the molecule is CC(C)CNC1C(C)CCCC1C. The van der Waals surface area contributed by atoms with E-state index < -0.39 is 0 Å². The topological polar surface area (TPSA) is 12.0 Å². The summed E-state index contributed by atoms with van der Waals surface area (Å²) in [6, 6.07) is 0.774. The third kappa shape index (κ3) is 3.30. The van der Waals surface area contributed by atoms with Gasteiger partial charge in [-0.2, -0.15) is 0 Å². The van der Waals surface area contributed by atoms with E-state index in [4.69, 9.17) is 0 Å². The van der Waals surface area contributed by atoms with Gasteiger partial charge in [0.1, 0.15) is 0 Å². The van der Waals surface area contributed by atoms with E-state index in [1.807, 2.05) is 0 Å². The zero-order valence-corrected chi connectivity index (χ0v) is 9.64. The van der Waals surface area contributed by atoms with Crippen LogP contribution >= 0.6 is 0 Å². The zero-order valence-electron chi connectivity index (χ0n) is 9.64. The second-order valence-electron chi connectivity index (χ2n) is 5.21. The lowest BCUT2D eigenvalue weighted by Gasteiger charge is -2.35. The van der Waals surface area contributed by atoms with Gasteiger partial charge in [0.15, 0.2) is 0 Å².